The van der Waals surface area contributed by atoms with Gasteiger partial charge in [0, 0.05) is 32.2 Å². The number of carbonyl (C=O) groups is 1. The lowest BCUT2D eigenvalue weighted by Crippen LogP contribution is -2.41. The summed E-state index contributed by atoms with van der Waals surface area (Å²) in [7, 11) is 1.55. The van der Waals surface area contributed by atoms with Crippen LogP contribution in [0, 0.1) is 12.7 Å². The predicted molar refractivity (Wildman–Crippen MR) is 70.6 cm³/mol. The third kappa shape index (κ3) is 5.36. The van der Waals surface area contributed by atoms with Crippen LogP contribution < -0.4 is 5.32 Å². The Morgan fingerprint density at radius 3 is 2.74 bits per heavy atom. The fourth-order valence-corrected chi connectivity index (χ4v) is 1.65. The van der Waals surface area contributed by atoms with Crippen molar-refractivity contribution in [3.63, 3.8) is 0 Å². The molecule has 0 saturated heterocycles. The average molecular weight is 269 g/mol. The summed E-state index contributed by atoms with van der Waals surface area (Å²) in [6.45, 7) is 3.82. The number of nitrogens with one attached hydrogen (secondary N) is 1. The fraction of sp³-hybridized carbons (Fsp3) is 0.500. The van der Waals surface area contributed by atoms with Gasteiger partial charge in [0.1, 0.15) is 5.82 Å². The number of amides is 1. The quantitative estimate of drug-likeness (QED) is 0.825. The van der Waals surface area contributed by atoms with Crippen LogP contribution in [0.25, 0.3) is 0 Å². The molecular formula is C14H20FNO3. The highest BCUT2D eigenvalue weighted by Crippen LogP contribution is 2.10. The van der Waals surface area contributed by atoms with Crippen molar-refractivity contribution in [2.24, 2.45) is 0 Å². The van der Waals surface area contributed by atoms with Gasteiger partial charge in [0.05, 0.1) is 5.60 Å². The first-order valence-electron chi connectivity index (χ1n) is 6.11. The first-order valence-corrected chi connectivity index (χ1v) is 6.11. The zero-order valence-electron chi connectivity index (χ0n) is 11.5. The standard InChI is InChI=1S/C14H20FNO3/c1-10-6-11(8-12(15)7-10)13(17)16-9-14(2,18)4-5-19-3/h6-8,18H,4-5,9H2,1-3H3,(H,16,17). The molecule has 2 N–H and O–H groups in total. The molecule has 1 aromatic rings. The van der Waals surface area contributed by atoms with Crippen LogP contribution in [0.3, 0.4) is 0 Å². The molecule has 0 radical (unpaired) electrons. The van der Waals surface area contributed by atoms with Crippen molar-refractivity contribution in [1.82, 2.24) is 5.32 Å². The number of aryl methyl sites for hydroxylation is 1. The van der Waals surface area contributed by atoms with Crippen LogP contribution in [-0.2, 0) is 4.74 Å². The van der Waals surface area contributed by atoms with Gasteiger partial charge in [-0.1, -0.05) is 0 Å². The normalized spacial score (nSPS) is 13.9. The van der Waals surface area contributed by atoms with Crippen LogP contribution in [0.1, 0.15) is 29.3 Å². The molecule has 1 unspecified atom stereocenters. The summed E-state index contributed by atoms with van der Waals surface area (Å²) in [6.07, 6.45) is 0.409. The van der Waals surface area contributed by atoms with E-state index in [1.165, 1.54) is 12.1 Å². The van der Waals surface area contributed by atoms with E-state index >= 15 is 0 Å². The summed E-state index contributed by atoms with van der Waals surface area (Å²) in [5, 5.41) is 12.6. The third-order valence-electron chi connectivity index (χ3n) is 2.78. The maximum Gasteiger partial charge on any atom is 0.251 e. The summed E-state index contributed by atoms with van der Waals surface area (Å²) < 4.78 is 18.1. The lowest BCUT2D eigenvalue weighted by atomic mass is 10.0. The SMILES string of the molecule is COCCC(C)(O)CNC(=O)c1cc(C)cc(F)c1. The van der Waals surface area contributed by atoms with E-state index in [1.807, 2.05) is 0 Å². The second kappa shape index (κ2) is 6.63. The molecule has 0 heterocycles. The zero-order valence-corrected chi connectivity index (χ0v) is 11.5. The van der Waals surface area contributed by atoms with Crippen LogP contribution in [0.15, 0.2) is 18.2 Å². The van der Waals surface area contributed by atoms with Gasteiger partial charge in [-0.2, -0.15) is 0 Å². The minimum atomic E-state index is -1.05. The summed E-state index contributed by atoms with van der Waals surface area (Å²) >= 11 is 0. The second-order valence-electron chi connectivity index (χ2n) is 4.94. The van der Waals surface area contributed by atoms with Crippen molar-refractivity contribution in [3.05, 3.63) is 35.1 Å². The van der Waals surface area contributed by atoms with Crippen molar-refractivity contribution in [2.45, 2.75) is 25.9 Å². The van der Waals surface area contributed by atoms with Gasteiger partial charge in [-0.05, 0) is 37.6 Å². The molecule has 0 bridgehead atoms. The highest BCUT2D eigenvalue weighted by Gasteiger charge is 2.21. The Kier molecular flexibility index (Phi) is 5.44. The molecule has 0 saturated carbocycles. The van der Waals surface area contributed by atoms with Gasteiger partial charge in [-0.15, -0.1) is 0 Å². The van der Waals surface area contributed by atoms with Gasteiger partial charge in [0.2, 0.25) is 0 Å². The van der Waals surface area contributed by atoms with Gasteiger partial charge >= 0.3 is 0 Å². The van der Waals surface area contributed by atoms with Crippen molar-refractivity contribution in [3.8, 4) is 0 Å². The van der Waals surface area contributed by atoms with Gasteiger partial charge in [-0.25, -0.2) is 4.39 Å². The van der Waals surface area contributed by atoms with Crippen LogP contribution >= 0.6 is 0 Å². The molecule has 0 aliphatic heterocycles. The lowest BCUT2D eigenvalue weighted by Gasteiger charge is -2.23. The highest BCUT2D eigenvalue weighted by atomic mass is 19.1. The molecule has 5 heteroatoms. The molecule has 1 amide bonds. The lowest BCUT2D eigenvalue weighted by molar-refractivity contribution is 0.0243. The van der Waals surface area contributed by atoms with Gasteiger partial charge < -0.3 is 15.2 Å². The largest absolute Gasteiger partial charge is 0.388 e. The Balaban J connectivity index is 2.60. The number of ether oxygens (including phenoxy) is 1. The number of carbonyl (C=O) groups excluding carboxylic acids is 1. The molecule has 0 fully saturated rings. The molecular weight excluding hydrogens is 249 g/mol. The molecule has 1 atom stereocenters. The molecule has 1 rings (SSSR count). The van der Waals surface area contributed by atoms with E-state index in [0.29, 0.717) is 18.6 Å². The first kappa shape index (κ1) is 15.6. The molecule has 106 valence electrons. The summed E-state index contributed by atoms with van der Waals surface area (Å²) in [5.41, 5.74) is -0.120. The Labute approximate surface area is 112 Å². The molecule has 1 aromatic carbocycles. The van der Waals surface area contributed by atoms with E-state index in [2.05, 4.69) is 5.32 Å². The molecule has 0 aromatic heterocycles. The first-order chi connectivity index (χ1) is 8.84. The van der Waals surface area contributed by atoms with E-state index in [4.69, 9.17) is 4.74 Å². The molecule has 0 aliphatic rings. The van der Waals surface area contributed by atoms with Gasteiger partial charge in [0.25, 0.3) is 5.91 Å². The predicted octanol–water partition coefficient (Wildman–Crippen LogP) is 1.65. The molecule has 4 nitrogen and oxygen atoms in total. The van der Waals surface area contributed by atoms with Crippen molar-refractivity contribution in [2.75, 3.05) is 20.3 Å². The van der Waals surface area contributed by atoms with Crippen molar-refractivity contribution in [1.29, 1.82) is 0 Å². The van der Waals surface area contributed by atoms with E-state index in [1.54, 1.807) is 27.0 Å². The number of rotatable bonds is 6. The monoisotopic (exact) mass is 269 g/mol. The number of aliphatic hydroxyl groups is 1. The fourth-order valence-electron chi connectivity index (χ4n) is 1.65. The number of hydrogen-bond donors (Lipinski definition) is 2. The number of hydrogen-bond acceptors (Lipinski definition) is 3. The van der Waals surface area contributed by atoms with E-state index in [9.17, 15) is 14.3 Å². The van der Waals surface area contributed by atoms with Crippen LogP contribution in [0.5, 0.6) is 0 Å². The van der Waals surface area contributed by atoms with E-state index in [-0.39, 0.29) is 12.1 Å². The van der Waals surface area contributed by atoms with Crippen molar-refractivity contribution < 1.29 is 19.0 Å². The maximum absolute atomic E-state index is 13.2. The van der Waals surface area contributed by atoms with Crippen LogP contribution in [0.4, 0.5) is 4.39 Å². The van der Waals surface area contributed by atoms with E-state index in [0.717, 1.165) is 0 Å². The molecule has 0 aliphatic carbocycles. The smallest absolute Gasteiger partial charge is 0.251 e. The Bertz CT molecular complexity index is 426. The van der Waals surface area contributed by atoms with Crippen LogP contribution in [-0.4, -0.2) is 36.9 Å². The zero-order chi connectivity index (χ0) is 14.5. The van der Waals surface area contributed by atoms with E-state index < -0.39 is 17.3 Å². The Hall–Kier alpha value is -1.46. The second-order valence-corrected chi connectivity index (χ2v) is 4.94. The number of halogens is 1. The third-order valence-corrected chi connectivity index (χ3v) is 2.78. The number of methoxy groups -OCH3 is 1. The minimum Gasteiger partial charge on any atom is -0.388 e. The summed E-state index contributed by atoms with van der Waals surface area (Å²) in [5.74, 6) is -0.850. The minimum absolute atomic E-state index is 0.0880. The van der Waals surface area contributed by atoms with Gasteiger partial charge in [-0.3, -0.25) is 4.79 Å². The van der Waals surface area contributed by atoms with Gasteiger partial charge in [0.15, 0.2) is 0 Å². The average Bonchev–Trinajstić information content (AvgIpc) is 2.32. The molecule has 0 spiro atoms. The Morgan fingerprint density at radius 1 is 1.47 bits per heavy atom. The molecule has 19 heavy (non-hydrogen) atoms. The topological polar surface area (TPSA) is 58.6 Å². The van der Waals surface area contributed by atoms with Crippen molar-refractivity contribution >= 4 is 5.91 Å². The number of benzene rings is 1. The maximum atomic E-state index is 13.2. The Morgan fingerprint density at radius 2 is 2.16 bits per heavy atom. The summed E-state index contributed by atoms with van der Waals surface area (Å²) in [4.78, 5) is 11.8. The summed E-state index contributed by atoms with van der Waals surface area (Å²) in [6, 6.07) is 4.13. The highest BCUT2D eigenvalue weighted by molar-refractivity contribution is 5.94. The van der Waals surface area contributed by atoms with Crippen LogP contribution in [0.2, 0.25) is 0 Å².